The molecule has 5 heteroatoms. The van der Waals surface area contributed by atoms with Crippen molar-refractivity contribution < 1.29 is 14.6 Å². The van der Waals surface area contributed by atoms with E-state index in [0.717, 1.165) is 25.9 Å². The first-order chi connectivity index (χ1) is 11.2. The second-order valence-electron chi connectivity index (χ2n) is 6.47. The lowest BCUT2D eigenvalue weighted by Gasteiger charge is -2.28. The van der Waals surface area contributed by atoms with Crippen molar-refractivity contribution in [3.8, 4) is 0 Å². The van der Waals surface area contributed by atoms with Crippen LogP contribution in [0, 0.1) is 0 Å². The standard InChI is InChI=1S/C18H26N2O3/c21-17(13-20-7-9-23-10-8-20)12-19-18(22)16-6-5-14-3-1-2-4-15(14)11-16/h5-6,11,17,21H,1-4,7-10,12-13H2,(H,19,22). The number of carbonyl (C=O) groups is 1. The molecular weight excluding hydrogens is 292 g/mol. The van der Waals surface area contributed by atoms with Crippen molar-refractivity contribution in [2.45, 2.75) is 31.8 Å². The molecule has 5 nitrogen and oxygen atoms in total. The number of aliphatic hydroxyl groups excluding tert-OH is 1. The number of aliphatic hydroxyl groups is 1. The highest BCUT2D eigenvalue weighted by Crippen LogP contribution is 2.22. The van der Waals surface area contributed by atoms with E-state index < -0.39 is 6.10 Å². The summed E-state index contributed by atoms with van der Waals surface area (Å²) in [6, 6.07) is 5.99. The number of fused-ring (bicyclic) bond motifs is 1. The normalized spacial score (nSPS) is 19.9. The fourth-order valence-electron chi connectivity index (χ4n) is 3.33. The van der Waals surface area contributed by atoms with Gasteiger partial charge in [-0.1, -0.05) is 6.07 Å². The van der Waals surface area contributed by atoms with E-state index in [4.69, 9.17) is 4.74 Å². The molecule has 2 N–H and O–H groups in total. The SMILES string of the molecule is O=C(NCC(O)CN1CCOCC1)c1ccc2c(c1)CCCC2. The summed E-state index contributed by atoms with van der Waals surface area (Å²) in [5.74, 6) is -0.0978. The second kappa shape index (κ2) is 7.90. The molecule has 0 saturated carbocycles. The first-order valence-electron chi connectivity index (χ1n) is 8.60. The smallest absolute Gasteiger partial charge is 0.251 e. The Morgan fingerprint density at radius 1 is 1.22 bits per heavy atom. The summed E-state index contributed by atoms with van der Waals surface area (Å²) >= 11 is 0. The summed E-state index contributed by atoms with van der Waals surface area (Å²) in [6.45, 7) is 3.98. The molecule has 2 aliphatic rings. The van der Waals surface area contributed by atoms with Crippen LogP contribution in [0.4, 0.5) is 0 Å². The number of ether oxygens (including phenoxy) is 1. The van der Waals surface area contributed by atoms with Crippen LogP contribution >= 0.6 is 0 Å². The number of nitrogens with one attached hydrogen (secondary N) is 1. The summed E-state index contributed by atoms with van der Waals surface area (Å²) in [5.41, 5.74) is 3.38. The summed E-state index contributed by atoms with van der Waals surface area (Å²) in [6.07, 6.45) is 4.09. The maximum atomic E-state index is 12.3. The van der Waals surface area contributed by atoms with E-state index in [2.05, 4.69) is 16.3 Å². The Labute approximate surface area is 137 Å². The number of hydrogen-bond acceptors (Lipinski definition) is 4. The molecule has 1 saturated heterocycles. The Bertz CT molecular complexity index is 541. The Kier molecular flexibility index (Phi) is 5.65. The lowest BCUT2D eigenvalue weighted by atomic mass is 9.90. The van der Waals surface area contributed by atoms with Crippen molar-refractivity contribution in [3.05, 3.63) is 34.9 Å². The zero-order valence-electron chi connectivity index (χ0n) is 13.6. The molecular formula is C18H26N2O3. The van der Waals surface area contributed by atoms with Gasteiger partial charge < -0.3 is 15.2 Å². The number of morpholine rings is 1. The monoisotopic (exact) mass is 318 g/mol. The number of carbonyl (C=O) groups excluding carboxylic acids is 1. The van der Waals surface area contributed by atoms with Gasteiger partial charge in [-0.2, -0.15) is 0 Å². The molecule has 1 aliphatic carbocycles. The predicted molar refractivity (Wildman–Crippen MR) is 88.7 cm³/mol. The highest BCUT2D eigenvalue weighted by atomic mass is 16.5. The molecule has 1 amide bonds. The summed E-state index contributed by atoms with van der Waals surface area (Å²) in [7, 11) is 0. The van der Waals surface area contributed by atoms with Crippen LogP contribution in [-0.4, -0.2) is 61.4 Å². The minimum Gasteiger partial charge on any atom is -0.390 e. The number of rotatable bonds is 5. The maximum Gasteiger partial charge on any atom is 0.251 e. The third-order valence-corrected chi connectivity index (χ3v) is 4.68. The Hall–Kier alpha value is -1.43. The van der Waals surface area contributed by atoms with E-state index in [1.165, 1.54) is 24.0 Å². The quantitative estimate of drug-likeness (QED) is 0.850. The van der Waals surface area contributed by atoms with E-state index in [9.17, 15) is 9.90 Å². The summed E-state index contributed by atoms with van der Waals surface area (Å²) < 4.78 is 5.29. The van der Waals surface area contributed by atoms with Gasteiger partial charge in [0.1, 0.15) is 0 Å². The number of benzene rings is 1. The van der Waals surface area contributed by atoms with Crippen molar-refractivity contribution in [3.63, 3.8) is 0 Å². The van der Waals surface area contributed by atoms with Crippen molar-refractivity contribution in [2.75, 3.05) is 39.4 Å². The fraction of sp³-hybridized carbons (Fsp3) is 0.611. The van der Waals surface area contributed by atoms with Gasteiger partial charge in [-0.05, 0) is 48.9 Å². The van der Waals surface area contributed by atoms with Crippen LogP contribution in [0.1, 0.15) is 34.3 Å². The van der Waals surface area contributed by atoms with E-state index in [-0.39, 0.29) is 12.5 Å². The first-order valence-corrected chi connectivity index (χ1v) is 8.60. The molecule has 1 unspecified atom stereocenters. The van der Waals surface area contributed by atoms with Gasteiger partial charge in [0.05, 0.1) is 19.3 Å². The average Bonchev–Trinajstić information content (AvgIpc) is 2.60. The largest absolute Gasteiger partial charge is 0.390 e. The molecule has 0 spiro atoms. The van der Waals surface area contributed by atoms with Gasteiger partial charge >= 0.3 is 0 Å². The fourth-order valence-corrected chi connectivity index (χ4v) is 3.33. The zero-order valence-corrected chi connectivity index (χ0v) is 13.6. The zero-order chi connectivity index (χ0) is 16.1. The molecule has 1 aromatic rings. The van der Waals surface area contributed by atoms with E-state index >= 15 is 0 Å². The van der Waals surface area contributed by atoms with Crippen molar-refractivity contribution in [1.82, 2.24) is 10.2 Å². The van der Waals surface area contributed by atoms with Crippen LogP contribution in [-0.2, 0) is 17.6 Å². The summed E-state index contributed by atoms with van der Waals surface area (Å²) in [5, 5.41) is 12.9. The number of nitrogens with zero attached hydrogens (tertiary/aromatic N) is 1. The van der Waals surface area contributed by atoms with E-state index in [0.29, 0.717) is 25.3 Å². The lowest BCUT2D eigenvalue weighted by molar-refractivity contribution is 0.0149. The van der Waals surface area contributed by atoms with Crippen LogP contribution in [0.3, 0.4) is 0 Å². The molecule has 1 heterocycles. The number of amides is 1. The van der Waals surface area contributed by atoms with Crippen LogP contribution in [0.15, 0.2) is 18.2 Å². The van der Waals surface area contributed by atoms with Crippen LogP contribution in [0.25, 0.3) is 0 Å². The summed E-state index contributed by atoms with van der Waals surface area (Å²) in [4.78, 5) is 14.4. The van der Waals surface area contributed by atoms with Gasteiger partial charge in [-0.15, -0.1) is 0 Å². The molecule has 1 aliphatic heterocycles. The number of hydrogen-bond donors (Lipinski definition) is 2. The van der Waals surface area contributed by atoms with Gasteiger partial charge in [0.2, 0.25) is 0 Å². The predicted octanol–water partition coefficient (Wildman–Crippen LogP) is 0.988. The molecule has 0 radical (unpaired) electrons. The van der Waals surface area contributed by atoms with Gasteiger partial charge in [0, 0.05) is 31.7 Å². The van der Waals surface area contributed by atoms with Crippen LogP contribution in [0.5, 0.6) is 0 Å². The second-order valence-corrected chi connectivity index (χ2v) is 6.47. The molecule has 23 heavy (non-hydrogen) atoms. The van der Waals surface area contributed by atoms with E-state index in [1.54, 1.807) is 0 Å². The van der Waals surface area contributed by atoms with Gasteiger partial charge in [0.25, 0.3) is 5.91 Å². The number of β-amino-alcohol motifs (C(OH)–C–C–N with tert-alkyl or cyclic N) is 1. The minimum atomic E-state index is -0.547. The highest BCUT2D eigenvalue weighted by molar-refractivity contribution is 5.94. The van der Waals surface area contributed by atoms with Gasteiger partial charge in [0.15, 0.2) is 0 Å². The molecule has 126 valence electrons. The van der Waals surface area contributed by atoms with Crippen LogP contribution in [0.2, 0.25) is 0 Å². The average molecular weight is 318 g/mol. The molecule has 1 aromatic carbocycles. The Morgan fingerprint density at radius 3 is 2.74 bits per heavy atom. The topological polar surface area (TPSA) is 61.8 Å². The molecule has 0 bridgehead atoms. The highest BCUT2D eigenvalue weighted by Gasteiger charge is 2.17. The third kappa shape index (κ3) is 4.53. The Balaban J connectivity index is 1.48. The molecule has 1 atom stereocenters. The van der Waals surface area contributed by atoms with Gasteiger partial charge in [-0.25, -0.2) is 0 Å². The van der Waals surface area contributed by atoms with Crippen molar-refractivity contribution in [1.29, 1.82) is 0 Å². The number of aryl methyl sites for hydroxylation is 2. The molecule has 0 aromatic heterocycles. The lowest BCUT2D eigenvalue weighted by Crippen LogP contribution is -2.44. The maximum absolute atomic E-state index is 12.3. The Morgan fingerprint density at radius 2 is 1.96 bits per heavy atom. The van der Waals surface area contributed by atoms with Crippen LogP contribution < -0.4 is 5.32 Å². The third-order valence-electron chi connectivity index (χ3n) is 4.68. The first kappa shape index (κ1) is 16.4. The van der Waals surface area contributed by atoms with Crippen molar-refractivity contribution in [2.24, 2.45) is 0 Å². The minimum absolute atomic E-state index is 0.0978. The molecule has 3 rings (SSSR count). The van der Waals surface area contributed by atoms with E-state index in [1.807, 2.05) is 12.1 Å². The van der Waals surface area contributed by atoms with Crippen molar-refractivity contribution >= 4 is 5.91 Å². The molecule has 1 fully saturated rings. The van der Waals surface area contributed by atoms with Gasteiger partial charge in [-0.3, -0.25) is 9.69 Å².